The predicted molar refractivity (Wildman–Crippen MR) is 46.4 cm³/mol. The lowest BCUT2D eigenvalue weighted by Crippen LogP contribution is -1.72. The molecule has 0 aliphatic heterocycles. The average Bonchev–Trinajstić information content (AvgIpc) is 2.07. The van der Waals surface area contributed by atoms with E-state index in [-0.39, 0.29) is 0 Å². The Morgan fingerprint density at radius 3 is 2.33 bits per heavy atom. The van der Waals surface area contributed by atoms with Crippen molar-refractivity contribution in [3.05, 3.63) is 39.2 Å². The summed E-state index contributed by atoms with van der Waals surface area (Å²) in [6.07, 6.45) is 0. The molecular formula is C7H5BrN2O2. The van der Waals surface area contributed by atoms with Crippen molar-refractivity contribution in [1.82, 2.24) is 0 Å². The monoisotopic (exact) mass is 228 g/mol. The van der Waals surface area contributed by atoms with Crippen molar-refractivity contribution >= 4 is 15.9 Å². The zero-order chi connectivity index (χ0) is 9.40. The van der Waals surface area contributed by atoms with Crippen LogP contribution in [0.5, 0.6) is 0 Å². The second kappa shape index (κ2) is 6.31. The van der Waals surface area contributed by atoms with Gasteiger partial charge in [0.1, 0.15) is 6.07 Å². The van der Waals surface area contributed by atoms with Gasteiger partial charge in [0.2, 0.25) is 0 Å². The van der Waals surface area contributed by atoms with Gasteiger partial charge in [-0.25, -0.2) is 0 Å². The third kappa shape index (κ3) is 3.68. The molecule has 0 radical (unpaired) electrons. The van der Waals surface area contributed by atoms with Gasteiger partial charge in [-0.2, -0.15) is 5.26 Å². The molecule has 4 nitrogen and oxygen atoms in total. The van der Waals surface area contributed by atoms with E-state index in [4.69, 9.17) is 15.4 Å². The molecule has 0 aromatic heterocycles. The topological polar surface area (TPSA) is 73.5 Å². The lowest BCUT2D eigenvalue weighted by Gasteiger charge is -1.88. The summed E-state index contributed by atoms with van der Waals surface area (Å²) in [4.78, 5) is 8.11. The molecule has 0 bridgehead atoms. The number of nitriles is 1. The van der Waals surface area contributed by atoms with E-state index < -0.39 is 0 Å². The Balaban J connectivity index is 0.000000354. The molecule has 1 aromatic rings. The van der Waals surface area contributed by atoms with Gasteiger partial charge in [-0.15, -0.1) is 4.91 Å². The van der Waals surface area contributed by atoms with Gasteiger partial charge < -0.3 is 5.21 Å². The van der Waals surface area contributed by atoms with Crippen molar-refractivity contribution < 1.29 is 5.21 Å². The summed E-state index contributed by atoms with van der Waals surface area (Å²) < 4.78 is 0.854. The van der Waals surface area contributed by atoms with Gasteiger partial charge in [-0.3, -0.25) is 0 Å². The van der Waals surface area contributed by atoms with Crippen LogP contribution in [0.25, 0.3) is 0 Å². The molecule has 0 aliphatic carbocycles. The van der Waals surface area contributed by atoms with E-state index in [1.807, 2.05) is 24.3 Å². The van der Waals surface area contributed by atoms with Gasteiger partial charge >= 0.3 is 0 Å². The lowest BCUT2D eigenvalue weighted by molar-refractivity contribution is 0.312. The minimum atomic E-state index is 0.678. The fourth-order valence-corrected chi connectivity index (χ4v) is 0.925. The first kappa shape index (κ1) is 10.6. The van der Waals surface area contributed by atoms with Crippen LogP contribution in [0.15, 0.2) is 34.1 Å². The first-order valence-corrected chi connectivity index (χ1v) is 3.67. The summed E-state index contributed by atoms with van der Waals surface area (Å²) in [5.41, 5.74) is 0.678. The maximum atomic E-state index is 8.44. The fourth-order valence-electron chi connectivity index (χ4n) is 0.552. The van der Waals surface area contributed by atoms with E-state index >= 15 is 0 Å². The molecule has 0 spiro atoms. The minimum absolute atomic E-state index is 0.678. The lowest BCUT2D eigenvalue weighted by atomic mass is 10.2. The quantitative estimate of drug-likeness (QED) is 0.548. The highest BCUT2D eigenvalue weighted by Crippen LogP contribution is 2.13. The van der Waals surface area contributed by atoms with Crippen molar-refractivity contribution in [3.8, 4) is 6.07 Å². The Kier molecular flexibility index (Phi) is 5.57. The fraction of sp³-hybridized carbons (Fsp3) is 0. The van der Waals surface area contributed by atoms with Crippen molar-refractivity contribution in [1.29, 1.82) is 5.26 Å². The van der Waals surface area contributed by atoms with Crippen LogP contribution in [-0.2, 0) is 0 Å². The van der Waals surface area contributed by atoms with Crippen LogP contribution >= 0.6 is 15.9 Å². The number of benzene rings is 1. The number of hydrogen-bond acceptors (Lipinski definition) is 3. The van der Waals surface area contributed by atoms with Crippen LogP contribution in [-0.4, -0.2) is 5.21 Å². The van der Waals surface area contributed by atoms with Crippen LogP contribution in [0, 0.1) is 16.2 Å². The van der Waals surface area contributed by atoms with Gasteiger partial charge in [-0.1, -0.05) is 12.1 Å². The van der Waals surface area contributed by atoms with Crippen LogP contribution < -0.4 is 0 Å². The molecule has 0 fully saturated rings. The van der Waals surface area contributed by atoms with Gasteiger partial charge in [0.15, 0.2) is 5.34 Å². The largest absolute Gasteiger partial charge is 0.379 e. The Morgan fingerprint density at radius 1 is 1.50 bits per heavy atom. The highest BCUT2D eigenvalue weighted by molar-refractivity contribution is 9.10. The molecule has 0 atom stereocenters. The Morgan fingerprint density at radius 2 is 2.00 bits per heavy atom. The first-order chi connectivity index (χ1) is 5.76. The summed E-state index contributed by atoms with van der Waals surface area (Å²) >= 11 is 3.23. The summed E-state index contributed by atoms with van der Waals surface area (Å²) in [6.45, 7) is 0. The summed E-state index contributed by atoms with van der Waals surface area (Å²) in [5, 5.41) is 16.3. The number of rotatable bonds is 0. The Bertz CT molecular complexity index is 296. The summed E-state index contributed by atoms with van der Waals surface area (Å²) in [6, 6.07) is 9.38. The molecule has 62 valence electrons. The normalized spacial score (nSPS) is 7.33. The molecule has 0 amide bonds. The zero-order valence-electron chi connectivity index (χ0n) is 5.94. The third-order valence-corrected chi connectivity index (χ3v) is 1.69. The molecule has 0 unspecified atom stereocenters. The molecular weight excluding hydrogens is 224 g/mol. The highest BCUT2D eigenvalue weighted by Gasteiger charge is 1.92. The molecule has 1 rings (SSSR count). The first-order valence-electron chi connectivity index (χ1n) is 2.87. The average molecular weight is 229 g/mol. The highest BCUT2D eigenvalue weighted by atomic mass is 79.9. The van der Waals surface area contributed by atoms with Crippen LogP contribution in [0.4, 0.5) is 0 Å². The van der Waals surface area contributed by atoms with E-state index in [2.05, 4.69) is 15.9 Å². The number of nitrogens with zero attached hydrogens (tertiary/aromatic N) is 2. The van der Waals surface area contributed by atoms with Crippen LogP contribution in [0.1, 0.15) is 5.56 Å². The van der Waals surface area contributed by atoms with Crippen LogP contribution in [0.2, 0.25) is 0 Å². The summed E-state index contributed by atoms with van der Waals surface area (Å²) in [7, 11) is 0. The van der Waals surface area contributed by atoms with E-state index in [1.165, 1.54) is 5.34 Å². The second-order valence-electron chi connectivity index (χ2n) is 1.67. The van der Waals surface area contributed by atoms with Gasteiger partial charge in [-0.05, 0) is 28.1 Å². The molecule has 1 aromatic carbocycles. The molecule has 0 saturated carbocycles. The van der Waals surface area contributed by atoms with E-state index in [0.29, 0.717) is 5.56 Å². The number of halogens is 1. The van der Waals surface area contributed by atoms with Gasteiger partial charge in [0.05, 0.1) is 5.56 Å². The SMILES string of the molecule is N#Cc1ccccc1Br.O=NO. The molecule has 1 N–H and O–H groups in total. The van der Waals surface area contributed by atoms with Crippen molar-refractivity contribution in [2.24, 2.45) is 5.34 Å². The maximum Gasteiger partial charge on any atom is 0.152 e. The standard InChI is InChI=1S/C7H4BrN.HNO2/c8-7-4-2-1-3-6(7)5-9;2-1-3/h1-4H;(H,2,3). The number of hydrogen-bond donors (Lipinski definition) is 1. The van der Waals surface area contributed by atoms with Gasteiger partial charge in [0.25, 0.3) is 0 Å². The van der Waals surface area contributed by atoms with Crippen molar-refractivity contribution in [2.45, 2.75) is 0 Å². The van der Waals surface area contributed by atoms with Gasteiger partial charge in [0, 0.05) is 4.47 Å². The maximum absolute atomic E-state index is 8.44. The van der Waals surface area contributed by atoms with Crippen molar-refractivity contribution in [3.63, 3.8) is 0 Å². The predicted octanol–water partition coefficient (Wildman–Crippen LogP) is 2.46. The molecule has 0 heterocycles. The molecule has 0 saturated heterocycles. The molecule has 5 heteroatoms. The van der Waals surface area contributed by atoms with E-state index in [1.54, 1.807) is 6.07 Å². The van der Waals surface area contributed by atoms with E-state index in [9.17, 15) is 0 Å². The smallest absolute Gasteiger partial charge is 0.152 e. The Hall–Kier alpha value is -1.41. The molecule has 12 heavy (non-hydrogen) atoms. The third-order valence-electron chi connectivity index (χ3n) is 0.994. The minimum Gasteiger partial charge on any atom is -0.379 e. The van der Waals surface area contributed by atoms with E-state index in [0.717, 1.165) is 4.47 Å². The zero-order valence-corrected chi connectivity index (χ0v) is 7.52. The summed E-state index contributed by atoms with van der Waals surface area (Å²) in [5.74, 6) is 0. The Labute approximate surface area is 77.5 Å². The molecule has 0 aliphatic rings. The second-order valence-corrected chi connectivity index (χ2v) is 2.53. The van der Waals surface area contributed by atoms with Crippen molar-refractivity contribution in [2.75, 3.05) is 0 Å². The van der Waals surface area contributed by atoms with Crippen LogP contribution in [0.3, 0.4) is 0 Å².